The van der Waals surface area contributed by atoms with Gasteiger partial charge in [0, 0.05) is 38.2 Å². The third-order valence-corrected chi connectivity index (χ3v) is 7.57. The molecule has 2 heterocycles. The molecular formula is C31H38N2O4. The fourth-order valence-corrected chi connectivity index (χ4v) is 5.55. The van der Waals surface area contributed by atoms with Crippen LogP contribution >= 0.6 is 0 Å². The summed E-state index contributed by atoms with van der Waals surface area (Å²) in [6.45, 7) is 3.23. The lowest BCUT2D eigenvalue weighted by atomic mass is 9.98. The van der Waals surface area contributed by atoms with Gasteiger partial charge >= 0.3 is 0 Å². The van der Waals surface area contributed by atoms with Crippen molar-refractivity contribution in [3.05, 3.63) is 95.1 Å². The van der Waals surface area contributed by atoms with Gasteiger partial charge in [0.05, 0.1) is 25.4 Å². The van der Waals surface area contributed by atoms with Crippen molar-refractivity contribution in [3.8, 4) is 11.1 Å². The van der Waals surface area contributed by atoms with Crippen molar-refractivity contribution in [2.45, 2.75) is 57.0 Å². The molecule has 4 atom stereocenters. The Morgan fingerprint density at radius 3 is 2.49 bits per heavy atom. The molecule has 0 radical (unpaired) electrons. The molecule has 37 heavy (non-hydrogen) atoms. The molecule has 0 amide bonds. The fraction of sp³-hybridized carbons (Fsp3) is 0.419. The zero-order chi connectivity index (χ0) is 25.6. The Morgan fingerprint density at radius 2 is 1.73 bits per heavy atom. The third kappa shape index (κ3) is 6.29. The minimum absolute atomic E-state index is 0.0305. The molecule has 6 heteroatoms. The lowest BCUT2D eigenvalue weighted by Crippen LogP contribution is -2.42. The monoisotopic (exact) mass is 502 g/mol. The first-order valence-corrected chi connectivity index (χ1v) is 13.3. The van der Waals surface area contributed by atoms with Crippen molar-refractivity contribution in [2.75, 3.05) is 26.8 Å². The first kappa shape index (κ1) is 26.0. The molecule has 4 unspecified atom stereocenters. The zero-order valence-corrected chi connectivity index (χ0v) is 21.6. The summed E-state index contributed by atoms with van der Waals surface area (Å²) in [6, 6.07) is 25.3. The van der Waals surface area contributed by atoms with E-state index in [-0.39, 0.29) is 18.8 Å². The predicted molar refractivity (Wildman–Crippen MR) is 145 cm³/mol. The van der Waals surface area contributed by atoms with Crippen molar-refractivity contribution in [1.29, 1.82) is 0 Å². The van der Waals surface area contributed by atoms with Crippen LogP contribution in [0.5, 0.6) is 0 Å². The van der Waals surface area contributed by atoms with Gasteiger partial charge in [-0.15, -0.1) is 0 Å². The average Bonchev–Trinajstić information content (AvgIpc) is 3.39. The minimum atomic E-state index is -0.470. The van der Waals surface area contributed by atoms with Crippen LogP contribution in [0.25, 0.3) is 11.1 Å². The maximum absolute atomic E-state index is 9.48. The molecule has 0 spiro atoms. The summed E-state index contributed by atoms with van der Waals surface area (Å²) in [5.41, 5.74) is 12.2. The second-order valence-electron chi connectivity index (χ2n) is 10.1. The summed E-state index contributed by atoms with van der Waals surface area (Å²) >= 11 is 0. The maximum atomic E-state index is 9.48. The molecular weight excluding hydrogens is 464 g/mol. The molecule has 5 rings (SSSR count). The Kier molecular flexibility index (Phi) is 8.66. The summed E-state index contributed by atoms with van der Waals surface area (Å²) in [5.74, 6) is 0. The normalized spacial score (nSPS) is 24.4. The molecule has 6 nitrogen and oxygen atoms in total. The quantitative estimate of drug-likeness (QED) is 0.431. The van der Waals surface area contributed by atoms with Crippen molar-refractivity contribution < 1.29 is 19.3 Å². The fourth-order valence-electron chi connectivity index (χ4n) is 5.55. The van der Waals surface area contributed by atoms with Gasteiger partial charge in [0.15, 0.2) is 6.29 Å². The Morgan fingerprint density at radius 1 is 0.946 bits per heavy atom. The van der Waals surface area contributed by atoms with Crippen LogP contribution in [0.15, 0.2) is 72.8 Å². The molecule has 196 valence electrons. The van der Waals surface area contributed by atoms with Crippen LogP contribution in [0.1, 0.15) is 53.9 Å². The van der Waals surface area contributed by atoms with Crippen molar-refractivity contribution in [3.63, 3.8) is 0 Å². The number of hydrogen-bond donors (Lipinski definition) is 2. The summed E-state index contributed by atoms with van der Waals surface area (Å²) < 4.78 is 18.7. The number of nitrogens with two attached hydrogens (primary N) is 1. The number of hydrogen-bond acceptors (Lipinski definition) is 6. The number of rotatable bonds is 9. The molecule has 2 saturated heterocycles. The highest BCUT2D eigenvalue weighted by molar-refractivity contribution is 5.65. The van der Waals surface area contributed by atoms with Gasteiger partial charge in [-0.05, 0) is 59.3 Å². The standard InChI is InChI=1S/C31H38N2O4/c1-35-21-28-9-4-14-33(28)19-29-17-30(24-12-10-22(20-34)11-13-24)37-31(36-29)27-8-3-7-26(16-27)25-6-2-5-23(15-25)18-32/h2-3,5-8,10-13,15-16,28-31,34H,4,9,14,17-21,32H2,1H3. The van der Waals surface area contributed by atoms with E-state index in [1.807, 2.05) is 24.3 Å². The van der Waals surface area contributed by atoms with E-state index in [1.54, 1.807) is 7.11 Å². The Labute approximate surface area is 220 Å². The molecule has 3 N–H and O–H groups in total. The summed E-state index contributed by atoms with van der Waals surface area (Å²) in [6.07, 6.45) is 2.60. The van der Waals surface area contributed by atoms with Crippen LogP contribution in [-0.4, -0.2) is 49.0 Å². The minimum Gasteiger partial charge on any atom is -0.392 e. The van der Waals surface area contributed by atoms with Gasteiger partial charge in [-0.3, -0.25) is 4.90 Å². The highest BCUT2D eigenvalue weighted by Gasteiger charge is 2.35. The number of methoxy groups -OCH3 is 1. The molecule has 2 aliphatic rings. The lowest BCUT2D eigenvalue weighted by molar-refractivity contribution is -0.253. The molecule has 0 bridgehead atoms. The van der Waals surface area contributed by atoms with Crippen molar-refractivity contribution >= 4 is 0 Å². The largest absolute Gasteiger partial charge is 0.392 e. The van der Waals surface area contributed by atoms with E-state index in [0.29, 0.717) is 12.6 Å². The highest BCUT2D eigenvalue weighted by atomic mass is 16.7. The topological polar surface area (TPSA) is 77.2 Å². The Balaban J connectivity index is 1.41. The van der Waals surface area contributed by atoms with Gasteiger partial charge in [0.1, 0.15) is 0 Å². The molecule has 0 aliphatic carbocycles. The summed E-state index contributed by atoms with van der Waals surface area (Å²) in [7, 11) is 1.78. The van der Waals surface area contributed by atoms with Crippen molar-refractivity contribution in [1.82, 2.24) is 4.90 Å². The first-order chi connectivity index (χ1) is 18.2. The molecule has 0 saturated carbocycles. The van der Waals surface area contributed by atoms with Crippen LogP contribution in [0.2, 0.25) is 0 Å². The van der Waals surface area contributed by atoms with Crippen LogP contribution < -0.4 is 5.73 Å². The smallest absolute Gasteiger partial charge is 0.184 e. The Bertz CT molecular complexity index is 1150. The van der Waals surface area contributed by atoms with E-state index in [2.05, 4.69) is 53.4 Å². The van der Waals surface area contributed by atoms with Gasteiger partial charge in [-0.2, -0.15) is 0 Å². The molecule has 2 fully saturated rings. The Hall–Kier alpha value is -2.58. The van der Waals surface area contributed by atoms with Crippen LogP contribution in [-0.2, 0) is 27.4 Å². The van der Waals surface area contributed by atoms with E-state index < -0.39 is 6.29 Å². The van der Waals surface area contributed by atoms with Gasteiger partial charge in [-0.25, -0.2) is 0 Å². The predicted octanol–water partition coefficient (Wildman–Crippen LogP) is 4.96. The maximum Gasteiger partial charge on any atom is 0.184 e. The van der Waals surface area contributed by atoms with E-state index in [0.717, 1.165) is 65.9 Å². The summed E-state index contributed by atoms with van der Waals surface area (Å²) in [5, 5.41) is 9.48. The number of benzene rings is 3. The third-order valence-electron chi connectivity index (χ3n) is 7.57. The summed E-state index contributed by atoms with van der Waals surface area (Å²) in [4.78, 5) is 2.51. The lowest BCUT2D eigenvalue weighted by Gasteiger charge is -2.39. The van der Waals surface area contributed by atoms with E-state index in [1.165, 1.54) is 6.42 Å². The van der Waals surface area contributed by atoms with Crippen LogP contribution in [0.4, 0.5) is 0 Å². The average molecular weight is 503 g/mol. The first-order valence-electron chi connectivity index (χ1n) is 13.3. The molecule has 3 aromatic rings. The number of likely N-dealkylation sites (tertiary alicyclic amines) is 1. The van der Waals surface area contributed by atoms with Crippen LogP contribution in [0, 0.1) is 0 Å². The molecule has 3 aromatic carbocycles. The van der Waals surface area contributed by atoms with E-state index in [9.17, 15) is 5.11 Å². The van der Waals surface area contributed by atoms with Crippen molar-refractivity contribution in [2.24, 2.45) is 5.73 Å². The SMILES string of the molecule is COCC1CCCN1CC1CC(c2ccc(CO)cc2)OC(c2cccc(-c3cccc(CN)c3)c2)O1. The number of aliphatic hydroxyl groups is 1. The molecule has 0 aromatic heterocycles. The van der Waals surface area contributed by atoms with Gasteiger partial charge in [-0.1, -0.05) is 60.7 Å². The van der Waals surface area contributed by atoms with E-state index in [4.69, 9.17) is 19.9 Å². The second kappa shape index (κ2) is 12.3. The zero-order valence-electron chi connectivity index (χ0n) is 21.6. The number of ether oxygens (including phenoxy) is 3. The number of aliphatic hydroxyl groups excluding tert-OH is 1. The van der Waals surface area contributed by atoms with E-state index >= 15 is 0 Å². The molecule has 2 aliphatic heterocycles. The highest BCUT2D eigenvalue weighted by Crippen LogP contribution is 2.39. The second-order valence-corrected chi connectivity index (χ2v) is 10.1. The van der Waals surface area contributed by atoms with Gasteiger partial charge in [0.2, 0.25) is 0 Å². The van der Waals surface area contributed by atoms with Gasteiger partial charge in [0.25, 0.3) is 0 Å². The van der Waals surface area contributed by atoms with Crippen LogP contribution in [0.3, 0.4) is 0 Å². The van der Waals surface area contributed by atoms with Gasteiger partial charge < -0.3 is 25.1 Å². The number of nitrogens with zero attached hydrogens (tertiary/aromatic N) is 1.